The molecular formula is C11H6Cl2N6S2. The van der Waals surface area contributed by atoms with E-state index in [9.17, 15) is 0 Å². The molecule has 0 saturated carbocycles. The van der Waals surface area contributed by atoms with Crippen molar-refractivity contribution in [3.8, 4) is 11.4 Å². The number of aromatic nitrogens is 6. The van der Waals surface area contributed by atoms with E-state index >= 15 is 0 Å². The molecule has 0 atom stereocenters. The first-order valence-electron chi connectivity index (χ1n) is 5.82. The van der Waals surface area contributed by atoms with E-state index in [0.717, 1.165) is 21.4 Å². The fraction of sp³-hybridized carbons (Fsp3) is 0.0909. The van der Waals surface area contributed by atoms with Crippen LogP contribution >= 0.6 is 45.9 Å². The molecule has 4 heterocycles. The quantitative estimate of drug-likeness (QED) is 0.563. The predicted octanol–water partition coefficient (Wildman–Crippen LogP) is 3.47. The molecule has 4 aromatic rings. The first-order chi connectivity index (χ1) is 10.2. The zero-order chi connectivity index (χ0) is 14.4. The van der Waals surface area contributed by atoms with Gasteiger partial charge in [0.2, 0.25) is 4.96 Å². The third-order valence-corrected chi connectivity index (χ3v) is 5.19. The van der Waals surface area contributed by atoms with Gasteiger partial charge in [-0.1, -0.05) is 34.5 Å². The lowest BCUT2D eigenvalue weighted by molar-refractivity contribution is 0.766. The molecule has 4 rings (SSSR count). The average molecular weight is 357 g/mol. The van der Waals surface area contributed by atoms with Crippen LogP contribution in [-0.2, 0) is 6.54 Å². The van der Waals surface area contributed by atoms with Gasteiger partial charge >= 0.3 is 0 Å². The highest BCUT2D eigenvalue weighted by molar-refractivity contribution is 7.16. The summed E-state index contributed by atoms with van der Waals surface area (Å²) in [6, 6.07) is 1.99. The summed E-state index contributed by atoms with van der Waals surface area (Å²) in [5.41, 5.74) is 1.01. The fourth-order valence-electron chi connectivity index (χ4n) is 1.89. The second-order valence-corrected chi connectivity index (χ2v) is 6.72. The standard InChI is InChI=1S/C11H6Cl2N6S2/c12-8-9(13)18(5-14-8)3-7-17-19-10(6-1-2-20-4-6)15-16-11(19)21-7/h1-2,4-5H,3H2. The lowest BCUT2D eigenvalue weighted by atomic mass is 10.3. The molecule has 0 N–H and O–H groups in total. The summed E-state index contributed by atoms with van der Waals surface area (Å²) in [6.45, 7) is 0.496. The highest BCUT2D eigenvalue weighted by Crippen LogP contribution is 2.25. The van der Waals surface area contributed by atoms with Crippen molar-refractivity contribution in [3.05, 3.63) is 38.5 Å². The van der Waals surface area contributed by atoms with Crippen molar-refractivity contribution in [2.75, 3.05) is 0 Å². The molecule has 10 heteroatoms. The first-order valence-corrected chi connectivity index (χ1v) is 8.33. The summed E-state index contributed by atoms with van der Waals surface area (Å²) in [7, 11) is 0. The molecule has 0 saturated heterocycles. The van der Waals surface area contributed by atoms with Crippen LogP contribution in [0.1, 0.15) is 5.01 Å². The van der Waals surface area contributed by atoms with Crippen LogP contribution in [0.3, 0.4) is 0 Å². The van der Waals surface area contributed by atoms with Gasteiger partial charge in [0.1, 0.15) is 10.2 Å². The summed E-state index contributed by atoms with van der Waals surface area (Å²) < 4.78 is 3.48. The van der Waals surface area contributed by atoms with Crippen molar-refractivity contribution in [1.29, 1.82) is 0 Å². The van der Waals surface area contributed by atoms with Gasteiger partial charge in [-0.2, -0.15) is 21.0 Å². The lowest BCUT2D eigenvalue weighted by Crippen LogP contribution is -1.99. The van der Waals surface area contributed by atoms with E-state index in [-0.39, 0.29) is 0 Å². The average Bonchev–Trinajstić information content (AvgIpc) is 3.20. The number of fused-ring (bicyclic) bond motifs is 1. The van der Waals surface area contributed by atoms with Gasteiger partial charge in [0.25, 0.3) is 0 Å². The Morgan fingerprint density at radius 3 is 2.86 bits per heavy atom. The van der Waals surface area contributed by atoms with E-state index in [1.807, 2.05) is 16.8 Å². The summed E-state index contributed by atoms with van der Waals surface area (Å²) in [6.07, 6.45) is 1.59. The van der Waals surface area contributed by atoms with Gasteiger partial charge in [-0.25, -0.2) is 4.98 Å². The van der Waals surface area contributed by atoms with Gasteiger partial charge in [-0.3, -0.25) is 0 Å². The summed E-state index contributed by atoms with van der Waals surface area (Å²) in [5.74, 6) is 0.739. The van der Waals surface area contributed by atoms with Crippen molar-refractivity contribution < 1.29 is 0 Å². The molecule has 0 aliphatic heterocycles. The van der Waals surface area contributed by atoms with E-state index in [1.54, 1.807) is 26.7 Å². The van der Waals surface area contributed by atoms with Gasteiger partial charge in [-0.05, 0) is 11.4 Å². The van der Waals surface area contributed by atoms with Crippen LogP contribution < -0.4 is 0 Å². The first kappa shape index (κ1) is 13.2. The SMILES string of the molecule is Clc1ncn(Cc2nn3c(-c4ccsc4)nnc3s2)c1Cl. The molecule has 0 bridgehead atoms. The topological polar surface area (TPSA) is 60.9 Å². The molecule has 6 nitrogen and oxygen atoms in total. The molecule has 0 radical (unpaired) electrons. The van der Waals surface area contributed by atoms with E-state index < -0.39 is 0 Å². The normalized spacial score (nSPS) is 11.5. The van der Waals surface area contributed by atoms with Crippen LogP contribution in [-0.4, -0.2) is 29.4 Å². The van der Waals surface area contributed by atoms with Gasteiger partial charge in [0.05, 0.1) is 12.9 Å². The number of hydrogen-bond acceptors (Lipinski definition) is 6. The number of imidazole rings is 1. The molecule has 106 valence electrons. The van der Waals surface area contributed by atoms with Gasteiger partial charge < -0.3 is 4.57 Å². The highest BCUT2D eigenvalue weighted by Gasteiger charge is 2.15. The maximum Gasteiger partial charge on any atom is 0.235 e. The Hall–Kier alpha value is -1.48. The second kappa shape index (κ2) is 5.06. The van der Waals surface area contributed by atoms with Crippen LogP contribution in [0.15, 0.2) is 23.2 Å². The van der Waals surface area contributed by atoms with Crippen molar-refractivity contribution in [1.82, 2.24) is 29.4 Å². The minimum atomic E-state index is 0.290. The minimum absolute atomic E-state index is 0.290. The zero-order valence-corrected chi connectivity index (χ0v) is 13.4. The molecule has 0 amide bonds. The Morgan fingerprint density at radius 2 is 2.14 bits per heavy atom. The predicted molar refractivity (Wildman–Crippen MR) is 83.3 cm³/mol. The van der Waals surface area contributed by atoms with Crippen LogP contribution in [0.5, 0.6) is 0 Å². The van der Waals surface area contributed by atoms with E-state index in [0.29, 0.717) is 16.9 Å². The monoisotopic (exact) mass is 356 g/mol. The Labute approximate surface area is 136 Å². The molecule has 0 unspecified atom stereocenters. The highest BCUT2D eigenvalue weighted by atomic mass is 35.5. The third kappa shape index (κ3) is 2.24. The third-order valence-electron chi connectivity index (χ3n) is 2.85. The van der Waals surface area contributed by atoms with E-state index in [4.69, 9.17) is 23.2 Å². The number of rotatable bonds is 3. The zero-order valence-electron chi connectivity index (χ0n) is 10.3. The Bertz CT molecular complexity index is 907. The summed E-state index contributed by atoms with van der Waals surface area (Å²) in [4.78, 5) is 4.70. The van der Waals surface area contributed by atoms with Crippen LogP contribution in [0.25, 0.3) is 16.3 Å². The molecule has 4 aromatic heterocycles. The molecule has 0 fully saturated rings. The summed E-state index contributed by atoms with van der Waals surface area (Å²) >= 11 is 15.0. The largest absolute Gasteiger partial charge is 0.313 e. The Balaban J connectivity index is 1.73. The van der Waals surface area contributed by atoms with E-state index in [2.05, 4.69) is 20.3 Å². The van der Waals surface area contributed by atoms with Crippen molar-refractivity contribution in [2.45, 2.75) is 6.54 Å². The summed E-state index contributed by atoms with van der Waals surface area (Å²) in [5, 5.41) is 18.4. The molecule has 0 aromatic carbocycles. The molecule has 21 heavy (non-hydrogen) atoms. The molecular weight excluding hydrogens is 351 g/mol. The minimum Gasteiger partial charge on any atom is -0.313 e. The number of nitrogens with zero attached hydrogens (tertiary/aromatic N) is 6. The lowest BCUT2D eigenvalue weighted by Gasteiger charge is -1.99. The van der Waals surface area contributed by atoms with Gasteiger partial charge in [-0.15, -0.1) is 10.2 Å². The van der Waals surface area contributed by atoms with Crippen molar-refractivity contribution in [3.63, 3.8) is 0 Å². The van der Waals surface area contributed by atoms with Crippen molar-refractivity contribution in [2.24, 2.45) is 0 Å². The maximum absolute atomic E-state index is 6.06. The van der Waals surface area contributed by atoms with Crippen LogP contribution in [0, 0.1) is 0 Å². The Kier molecular flexibility index (Phi) is 3.18. The molecule has 0 aliphatic rings. The van der Waals surface area contributed by atoms with Crippen LogP contribution in [0.2, 0.25) is 10.3 Å². The smallest absolute Gasteiger partial charge is 0.235 e. The van der Waals surface area contributed by atoms with E-state index in [1.165, 1.54) is 11.3 Å². The number of hydrogen-bond donors (Lipinski definition) is 0. The van der Waals surface area contributed by atoms with Gasteiger partial charge in [0, 0.05) is 10.9 Å². The van der Waals surface area contributed by atoms with Crippen LogP contribution in [0.4, 0.5) is 0 Å². The van der Waals surface area contributed by atoms with Crippen molar-refractivity contribution >= 4 is 50.8 Å². The molecule has 0 aliphatic carbocycles. The number of thiophene rings is 1. The fourth-order valence-corrected chi connectivity index (χ4v) is 3.66. The maximum atomic E-state index is 6.06. The Morgan fingerprint density at radius 1 is 1.24 bits per heavy atom. The second-order valence-electron chi connectivity index (χ2n) is 4.18. The van der Waals surface area contributed by atoms with Gasteiger partial charge in [0.15, 0.2) is 11.0 Å². The molecule has 0 spiro atoms. The number of halogens is 2.